The standard InChI is InChI=1S/C76H128N2O61/c1-15(88)77-29-41(100)57(24(10-86)120-65(29)116)132-66-30(78-16(2)89)42(101)58(25(11-87)128-66)133-72-56(115)60(40(99)28(130-72)13-117-67-55(114)59(134-68-51(110)43(102)31(90)17(3-79)121-68)39(98)27(129-67)14-119-74-62(48(107)36(95)22(8-84)126-74)137-70-53(112)45(104)33(92)19(5-81)123-70)135-76-64(139-75-63(49(108)37(96)23(9-85)127-75)138-71-54(113)46(105)34(93)20(6-82)124-71)50(109)38(97)26(131-76)12-118-73-61(47(106)35(94)21(7-83)125-73)136-69-52(111)44(103)32(91)18(4-80)122-69/h17-76,79-87,90-116H,3-14H2,1-2H3,(H,77,88)(H,78,89)/t17-,18-,19-,20-,21-,22-,23-,24-,25-,26-,27-,28-,29-,30-,31-,32-,33-,34-,35-,36-,37-,38-,39-,40-,41-,42-,43+,44+,45+,46+,47+,48+,49+,50+,51+,52+,53+,54-,55+,56+,57-,58-,59+,60+,61+,62+,63+,64+,65?,66+,67+,68-,69-,70-,71-,72+,73+,74+,75-,76-/m1/s1. The number of rotatable bonds is 36. The summed E-state index contributed by atoms with van der Waals surface area (Å²) >= 11 is 0. The summed E-state index contributed by atoms with van der Waals surface area (Å²) in [6, 6.07) is -3.80. The van der Waals surface area contributed by atoms with Crippen molar-refractivity contribution >= 4 is 11.8 Å². The average Bonchev–Trinajstić information content (AvgIpc) is 0.753. The maximum absolute atomic E-state index is 13.3. The van der Waals surface area contributed by atoms with Crippen LogP contribution in [0.3, 0.4) is 0 Å². The molecule has 0 radical (unpaired) electrons. The van der Waals surface area contributed by atoms with Gasteiger partial charge in [-0.05, 0) is 0 Å². The third-order valence-electron chi connectivity index (χ3n) is 25.9. The third kappa shape index (κ3) is 24.7. The summed E-state index contributed by atoms with van der Waals surface area (Å²) in [5.74, 6) is -1.88. The van der Waals surface area contributed by atoms with Crippen molar-refractivity contribution in [3.63, 3.8) is 0 Å². The van der Waals surface area contributed by atoms with Crippen molar-refractivity contribution in [2.75, 3.05) is 79.3 Å². The number of aliphatic hydroxyl groups is 36. The fraction of sp³-hybridized carbons (Fsp3) is 0.974. The summed E-state index contributed by atoms with van der Waals surface area (Å²) in [6.45, 7) is -12.3. The first-order valence-electron chi connectivity index (χ1n) is 44.2. The molecule has 139 heavy (non-hydrogen) atoms. The van der Waals surface area contributed by atoms with Crippen LogP contribution in [0.5, 0.6) is 0 Å². The molecule has 12 aliphatic heterocycles. The Morgan fingerprint density at radius 2 is 0.396 bits per heavy atom. The normalized spacial score (nSPS) is 51.9. The molecule has 0 spiro atoms. The highest BCUT2D eigenvalue weighted by Crippen LogP contribution is 2.42. The van der Waals surface area contributed by atoms with E-state index in [0.29, 0.717) is 0 Å². The van der Waals surface area contributed by atoms with Gasteiger partial charge in [0.05, 0.1) is 79.3 Å². The molecule has 12 fully saturated rings. The molecule has 808 valence electrons. The maximum Gasteiger partial charge on any atom is 0.217 e. The highest BCUT2D eigenvalue weighted by atomic mass is 16.8. The number of amides is 2. The smallest absolute Gasteiger partial charge is 0.217 e. The Bertz CT molecular complexity index is 3720. The Morgan fingerprint density at radius 1 is 0.187 bits per heavy atom. The molecule has 2 amide bonds. The monoisotopic (exact) mass is 2040 g/mol. The molecule has 1 unspecified atom stereocenters. The molecule has 0 aromatic heterocycles. The van der Waals surface area contributed by atoms with E-state index in [2.05, 4.69) is 10.6 Å². The van der Waals surface area contributed by atoms with E-state index in [1.807, 2.05) is 0 Å². The molecule has 60 atom stereocenters. The molecule has 12 aliphatic rings. The van der Waals surface area contributed by atoms with Crippen molar-refractivity contribution in [3.05, 3.63) is 0 Å². The lowest BCUT2D eigenvalue weighted by Crippen LogP contribution is -2.70. The first kappa shape index (κ1) is 114. The average molecular weight is 2050 g/mol. The van der Waals surface area contributed by atoms with Gasteiger partial charge in [-0.2, -0.15) is 0 Å². The van der Waals surface area contributed by atoms with Gasteiger partial charge in [-0.15, -0.1) is 0 Å². The number of aliphatic hydroxyl groups excluding tert-OH is 36. The minimum Gasteiger partial charge on any atom is -0.394 e. The topological polar surface area (TPSA) is 999 Å². The van der Waals surface area contributed by atoms with Crippen molar-refractivity contribution in [2.45, 2.75) is 382 Å². The second-order valence-corrected chi connectivity index (χ2v) is 35.2. The Kier molecular flexibility index (Phi) is 41.0. The molecule has 12 saturated heterocycles. The van der Waals surface area contributed by atoms with Crippen molar-refractivity contribution < 1.29 is 302 Å². The molecular weight excluding hydrogens is 1920 g/mol. The molecule has 12 heterocycles. The van der Waals surface area contributed by atoms with Crippen LogP contribution in [0.2, 0.25) is 0 Å². The highest BCUT2D eigenvalue weighted by molar-refractivity contribution is 5.73. The van der Waals surface area contributed by atoms with E-state index in [1.54, 1.807) is 0 Å². The number of hydrogen-bond donors (Lipinski definition) is 38. The largest absolute Gasteiger partial charge is 0.394 e. The van der Waals surface area contributed by atoms with Crippen molar-refractivity contribution in [2.24, 2.45) is 0 Å². The van der Waals surface area contributed by atoms with Crippen LogP contribution in [-0.2, 0) is 119 Å². The van der Waals surface area contributed by atoms with Crippen LogP contribution >= 0.6 is 0 Å². The molecular formula is C76H128N2O61. The molecule has 0 aromatic carbocycles. The van der Waals surface area contributed by atoms with Crippen molar-refractivity contribution in [1.29, 1.82) is 0 Å². The quantitative estimate of drug-likeness (QED) is 0.0277. The first-order chi connectivity index (χ1) is 65.8. The van der Waals surface area contributed by atoms with Gasteiger partial charge in [-0.25, -0.2) is 0 Å². The van der Waals surface area contributed by atoms with Crippen LogP contribution in [0.1, 0.15) is 13.8 Å². The number of carbonyl (C=O) groups is 2. The predicted octanol–water partition coefficient (Wildman–Crippen LogP) is -26.9. The summed E-state index contributed by atoms with van der Waals surface area (Å²) in [5.41, 5.74) is 0. The van der Waals surface area contributed by atoms with Gasteiger partial charge in [0.1, 0.15) is 293 Å². The number of ether oxygens (including phenoxy) is 23. The van der Waals surface area contributed by atoms with E-state index < -0.39 is 459 Å². The van der Waals surface area contributed by atoms with Crippen LogP contribution in [0.4, 0.5) is 0 Å². The van der Waals surface area contributed by atoms with Gasteiger partial charge < -0.3 is 303 Å². The molecule has 12 rings (SSSR count). The minimum atomic E-state index is -2.82. The highest BCUT2D eigenvalue weighted by Gasteiger charge is 2.63. The van der Waals surface area contributed by atoms with Crippen LogP contribution in [0, 0.1) is 0 Å². The molecule has 0 aromatic rings. The van der Waals surface area contributed by atoms with Gasteiger partial charge in [0.2, 0.25) is 11.8 Å². The fourth-order valence-electron chi connectivity index (χ4n) is 17.8. The van der Waals surface area contributed by atoms with E-state index in [4.69, 9.17) is 109 Å². The molecule has 0 aliphatic carbocycles. The molecule has 0 bridgehead atoms. The molecule has 38 N–H and O–H groups in total. The summed E-state index contributed by atoms with van der Waals surface area (Å²) in [7, 11) is 0. The molecule has 0 saturated carbocycles. The molecule has 63 nitrogen and oxygen atoms in total. The Labute approximate surface area is 784 Å². The van der Waals surface area contributed by atoms with E-state index in [-0.39, 0.29) is 0 Å². The SMILES string of the molecule is CC(=O)N[C@H]1[C@H](O[C@H]2[C@H](O)[C@@H](NC(C)=O)C(O)O[C@@H]2CO)O[C@H](CO)[C@@H](O[C@@H]2O[C@H](CO[C@H]3O[C@H](CO[C@H]4O[C@H](CO)[C@@H](O)[C@H](O)[C@@H]4O[C@H]4O[C@H](CO)[C@@H](O)[C@H](O)[C@@H]4O)[C@@H](O)[C@H](O[C@H]4O[C@H](CO)[C@@H](O)[C@H](O)[C@@H]4O)[C@@H]3O)[C@@H](O)[C@H](O[C@H]3O[C@H](CO[C@H]4O[C@H](CO)[C@@H](O)[C@H](O)[C@@H]4O[C@H]4O[C@H](CO)[C@@H](O)[C@H](O)[C@@H]4O)[C@@H](O)[C@H](O)[C@@H]3O[C@H]3O[C@H](CO)[C@@H](O)[C@H](O)[C@@H]3O[C@H]3O[C@H](CO)[C@@H](O)[C@H](O)[C@H]3O)[C@@H]2O)[C@@H]1O. The summed E-state index contributed by atoms with van der Waals surface area (Å²) in [4.78, 5) is 25.6. The van der Waals surface area contributed by atoms with E-state index in [0.717, 1.165) is 13.8 Å². The lowest BCUT2D eigenvalue weighted by molar-refractivity contribution is -0.410. The summed E-state index contributed by atoms with van der Waals surface area (Å²) in [6.07, 6.45) is -130. The van der Waals surface area contributed by atoms with Gasteiger partial charge in [0, 0.05) is 13.8 Å². The van der Waals surface area contributed by atoms with Gasteiger partial charge in [0.25, 0.3) is 0 Å². The van der Waals surface area contributed by atoms with Crippen molar-refractivity contribution in [3.8, 4) is 0 Å². The zero-order valence-corrected chi connectivity index (χ0v) is 73.4. The van der Waals surface area contributed by atoms with E-state index in [9.17, 15) is 193 Å². The number of carbonyl (C=O) groups excluding carboxylic acids is 2. The fourth-order valence-corrected chi connectivity index (χ4v) is 17.8. The maximum atomic E-state index is 13.3. The zero-order valence-electron chi connectivity index (χ0n) is 73.4. The van der Waals surface area contributed by atoms with Gasteiger partial charge in [-0.1, -0.05) is 0 Å². The second-order valence-electron chi connectivity index (χ2n) is 35.2. The lowest BCUT2D eigenvalue weighted by Gasteiger charge is -2.51. The van der Waals surface area contributed by atoms with Gasteiger partial charge in [-0.3, -0.25) is 9.59 Å². The van der Waals surface area contributed by atoms with Crippen LogP contribution in [0.25, 0.3) is 0 Å². The Hall–Kier alpha value is -3.42. The first-order valence-corrected chi connectivity index (χ1v) is 44.2. The summed E-state index contributed by atoms with van der Waals surface area (Å²) < 4.78 is 136. The lowest BCUT2D eigenvalue weighted by atomic mass is 9.94. The van der Waals surface area contributed by atoms with Gasteiger partial charge in [0.15, 0.2) is 75.5 Å². The van der Waals surface area contributed by atoms with Gasteiger partial charge >= 0.3 is 0 Å². The number of nitrogens with one attached hydrogen (secondary N) is 2. The predicted molar refractivity (Wildman–Crippen MR) is 418 cm³/mol. The zero-order chi connectivity index (χ0) is 102. The summed E-state index contributed by atoms with van der Waals surface area (Å²) in [5, 5.41) is 408. The van der Waals surface area contributed by atoms with Crippen LogP contribution < -0.4 is 10.6 Å². The van der Waals surface area contributed by atoms with E-state index in [1.165, 1.54) is 0 Å². The van der Waals surface area contributed by atoms with Crippen molar-refractivity contribution in [1.82, 2.24) is 10.6 Å². The minimum absolute atomic E-state index is 0.848. The third-order valence-corrected chi connectivity index (χ3v) is 25.9. The molecule has 63 heteroatoms. The van der Waals surface area contributed by atoms with Crippen LogP contribution in [-0.4, -0.2) is 643 Å². The van der Waals surface area contributed by atoms with E-state index >= 15 is 0 Å². The van der Waals surface area contributed by atoms with Crippen LogP contribution in [0.15, 0.2) is 0 Å². The second kappa shape index (κ2) is 49.8. The number of hydrogen-bond acceptors (Lipinski definition) is 61. The Balaban J connectivity index is 0.928. The Morgan fingerprint density at radius 3 is 0.741 bits per heavy atom.